The van der Waals surface area contributed by atoms with Crippen LogP contribution in [0.15, 0.2) is 46.3 Å². The Morgan fingerprint density at radius 1 is 1.17 bits per heavy atom. The van der Waals surface area contributed by atoms with Gasteiger partial charge in [-0.05, 0) is 63.2 Å². The van der Waals surface area contributed by atoms with Gasteiger partial charge in [0.25, 0.3) is 11.6 Å². The zero-order chi connectivity index (χ0) is 21.8. The molecule has 0 bridgehead atoms. The summed E-state index contributed by atoms with van der Waals surface area (Å²) in [6, 6.07) is 10.7. The van der Waals surface area contributed by atoms with Crippen molar-refractivity contribution in [2.24, 2.45) is 4.99 Å². The minimum absolute atomic E-state index is 0.00895. The van der Waals surface area contributed by atoms with Crippen molar-refractivity contribution in [3.63, 3.8) is 0 Å². The van der Waals surface area contributed by atoms with Gasteiger partial charge in [0.15, 0.2) is 5.17 Å². The molecular weight excluding hydrogens is 400 g/mol. The number of anilines is 1. The van der Waals surface area contributed by atoms with E-state index < -0.39 is 4.92 Å². The van der Waals surface area contributed by atoms with Gasteiger partial charge < -0.3 is 10.2 Å². The quantitative estimate of drug-likeness (QED) is 0.403. The van der Waals surface area contributed by atoms with Crippen LogP contribution in [0, 0.1) is 24.0 Å². The predicted molar refractivity (Wildman–Crippen MR) is 123 cm³/mol. The molecule has 2 aromatic rings. The molecule has 30 heavy (non-hydrogen) atoms. The standard InChI is InChI=1S/C22H24N4O3S/c1-5-25(6-2)19-10-8-17(26(28)29)12-16(19)13-20-21(27)24-22(30-20)23-18-9-7-14(3)11-15(18)4/h7-13H,5-6H2,1-4H3,(H,23,24,27)/b20-13-. The number of nitro benzene ring substituents is 1. The van der Waals surface area contributed by atoms with E-state index >= 15 is 0 Å². The van der Waals surface area contributed by atoms with Gasteiger partial charge in [-0.1, -0.05) is 17.7 Å². The molecule has 0 radical (unpaired) electrons. The van der Waals surface area contributed by atoms with Gasteiger partial charge in [-0.2, -0.15) is 0 Å². The number of thioether (sulfide) groups is 1. The number of amidine groups is 1. The molecule has 1 amide bonds. The van der Waals surface area contributed by atoms with E-state index in [9.17, 15) is 14.9 Å². The van der Waals surface area contributed by atoms with Crippen molar-refractivity contribution in [3.8, 4) is 0 Å². The number of hydrogen-bond acceptors (Lipinski definition) is 6. The third kappa shape index (κ3) is 4.71. The molecule has 1 heterocycles. The maximum Gasteiger partial charge on any atom is 0.270 e. The van der Waals surface area contributed by atoms with E-state index in [1.54, 1.807) is 12.1 Å². The monoisotopic (exact) mass is 424 g/mol. The van der Waals surface area contributed by atoms with Gasteiger partial charge in [0.05, 0.1) is 15.5 Å². The third-order valence-electron chi connectivity index (χ3n) is 4.84. The molecule has 0 saturated carbocycles. The first-order valence-electron chi connectivity index (χ1n) is 9.72. The largest absolute Gasteiger partial charge is 0.372 e. The van der Waals surface area contributed by atoms with Crippen LogP contribution in [-0.4, -0.2) is 29.1 Å². The Balaban J connectivity index is 1.98. The fourth-order valence-electron chi connectivity index (χ4n) is 3.29. The Bertz CT molecular complexity index is 1060. The molecule has 8 heteroatoms. The minimum Gasteiger partial charge on any atom is -0.372 e. The number of aliphatic imine (C=N–C) groups is 1. The highest BCUT2D eigenvalue weighted by atomic mass is 32.2. The first-order valence-corrected chi connectivity index (χ1v) is 10.5. The van der Waals surface area contributed by atoms with E-state index in [0.717, 1.165) is 35.6 Å². The summed E-state index contributed by atoms with van der Waals surface area (Å²) in [5, 5.41) is 14.5. The Morgan fingerprint density at radius 2 is 1.90 bits per heavy atom. The van der Waals surface area contributed by atoms with Crippen LogP contribution in [0.5, 0.6) is 0 Å². The molecule has 1 aliphatic heterocycles. The molecule has 2 aromatic carbocycles. The molecule has 1 fully saturated rings. The summed E-state index contributed by atoms with van der Waals surface area (Å²) < 4.78 is 0. The van der Waals surface area contributed by atoms with Crippen molar-refractivity contribution >= 4 is 46.0 Å². The van der Waals surface area contributed by atoms with Gasteiger partial charge in [-0.3, -0.25) is 14.9 Å². The van der Waals surface area contributed by atoms with E-state index in [2.05, 4.69) is 15.2 Å². The lowest BCUT2D eigenvalue weighted by Crippen LogP contribution is -2.22. The fraction of sp³-hybridized carbons (Fsp3) is 0.273. The van der Waals surface area contributed by atoms with Gasteiger partial charge in [0, 0.05) is 36.5 Å². The van der Waals surface area contributed by atoms with Crippen LogP contribution in [0.3, 0.4) is 0 Å². The number of carbonyl (C=O) groups is 1. The summed E-state index contributed by atoms with van der Waals surface area (Å²) in [5.41, 5.74) is 4.45. The average molecular weight is 425 g/mol. The number of amides is 1. The summed E-state index contributed by atoms with van der Waals surface area (Å²) in [4.78, 5) is 30.5. The molecule has 1 aliphatic rings. The highest BCUT2D eigenvalue weighted by molar-refractivity contribution is 8.18. The molecule has 0 atom stereocenters. The first-order chi connectivity index (χ1) is 14.3. The molecule has 3 rings (SSSR count). The molecule has 1 N–H and O–H groups in total. The molecular formula is C22H24N4O3S. The van der Waals surface area contributed by atoms with E-state index in [1.165, 1.54) is 23.9 Å². The smallest absolute Gasteiger partial charge is 0.270 e. The molecule has 156 valence electrons. The van der Waals surface area contributed by atoms with Crippen LogP contribution in [0.25, 0.3) is 6.08 Å². The van der Waals surface area contributed by atoms with Gasteiger partial charge in [0.1, 0.15) is 0 Å². The second-order valence-electron chi connectivity index (χ2n) is 6.94. The molecule has 0 aromatic heterocycles. The third-order valence-corrected chi connectivity index (χ3v) is 5.75. The minimum atomic E-state index is -0.428. The Morgan fingerprint density at radius 3 is 2.53 bits per heavy atom. The highest BCUT2D eigenvalue weighted by Gasteiger charge is 2.25. The number of aryl methyl sites for hydroxylation is 2. The number of nitrogens with one attached hydrogen (secondary N) is 1. The van der Waals surface area contributed by atoms with Crippen molar-refractivity contribution in [3.05, 3.63) is 68.1 Å². The average Bonchev–Trinajstić information content (AvgIpc) is 3.04. The maximum absolute atomic E-state index is 12.5. The van der Waals surface area contributed by atoms with E-state index in [0.29, 0.717) is 15.6 Å². The number of non-ortho nitro benzene ring substituents is 1. The van der Waals surface area contributed by atoms with Gasteiger partial charge in [-0.15, -0.1) is 0 Å². The van der Waals surface area contributed by atoms with Crippen molar-refractivity contribution in [1.82, 2.24) is 5.32 Å². The summed E-state index contributed by atoms with van der Waals surface area (Å²) in [7, 11) is 0. The number of carbonyl (C=O) groups excluding carboxylic acids is 1. The van der Waals surface area contributed by atoms with Crippen molar-refractivity contribution in [2.45, 2.75) is 27.7 Å². The second kappa shape index (κ2) is 9.13. The van der Waals surface area contributed by atoms with Crippen LogP contribution in [0.4, 0.5) is 17.1 Å². The van der Waals surface area contributed by atoms with E-state index in [4.69, 9.17) is 0 Å². The fourth-order valence-corrected chi connectivity index (χ4v) is 4.11. The summed E-state index contributed by atoms with van der Waals surface area (Å²) in [5.74, 6) is -0.263. The lowest BCUT2D eigenvalue weighted by Gasteiger charge is -2.23. The molecule has 0 aliphatic carbocycles. The van der Waals surface area contributed by atoms with Crippen molar-refractivity contribution < 1.29 is 9.72 Å². The van der Waals surface area contributed by atoms with E-state index in [-0.39, 0.29) is 11.6 Å². The molecule has 1 saturated heterocycles. The number of hydrogen-bond donors (Lipinski definition) is 1. The summed E-state index contributed by atoms with van der Waals surface area (Å²) in [6.07, 6.45) is 1.70. The lowest BCUT2D eigenvalue weighted by molar-refractivity contribution is -0.384. The Hall–Kier alpha value is -3.13. The number of nitrogens with zero attached hydrogens (tertiary/aromatic N) is 3. The van der Waals surface area contributed by atoms with Crippen LogP contribution in [0.1, 0.15) is 30.5 Å². The van der Waals surface area contributed by atoms with E-state index in [1.807, 2.05) is 45.9 Å². The number of nitro groups is 1. The van der Waals surface area contributed by atoms with Crippen molar-refractivity contribution in [1.29, 1.82) is 0 Å². The van der Waals surface area contributed by atoms with Crippen LogP contribution in [-0.2, 0) is 4.79 Å². The van der Waals surface area contributed by atoms with Crippen LogP contribution < -0.4 is 10.2 Å². The van der Waals surface area contributed by atoms with Crippen LogP contribution >= 0.6 is 11.8 Å². The number of rotatable bonds is 6. The van der Waals surface area contributed by atoms with Crippen LogP contribution in [0.2, 0.25) is 0 Å². The molecule has 7 nitrogen and oxygen atoms in total. The zero-order valence-corrected chi connectivity index (χ0v) is 18.2. The Kier molecular flexibility index (Phi) is 6.56. The van der Waals surface area contributed by atoms with Gasteiger partial charge in [-0.25, -0.2) is 4.99 Å². The van der Waals surface area contributed by atoms with Gasteiger partial charge in [0.2, 0.25) is 0 Å². The summed E-state index contributed by atoms with van der Waals surface area (Å²) >= 11 is 1.23. The predicted octanol–water partition coefficient (Wildman–Crippen LogP) is 4.95. The Labute approximate surface area is 180 Å². The topological polar surface area (TPSA) is 87.8 Å². The second-order valence-corrected chi connectivity index (χ2v) is 7.97. The molecule has 0 unspecified atom stereocenters. The lowest BCUT2D eigenvalue weighted by atomic mass is 10.1. The first kappa shape index (κ1) is 21.6. The van der Waals surface area contributed by atoms with Gasteiger partial charge >= 0.3 is 0 Å². The number of benzene rings is 2. The normalized spacial score (nSPS) is 16.2. The van der Waals surface area contributed by atoms with Crippen molar-refractivity contribution in [2.75, 3.05) is 18.0 Å². The highest BCUT2D eigenvalue weighted by Crippen LogP contribution is 2.33. The zero-order valence-electron chi connectivity index (χ0n) is 17.4. The summed E-state index contributed by atoms with van der Waals surface area (Å²) in [6.45, 7) is 9.54. The SMILES string of the molecule is CCN(CC)c1ccc([N+](=O)[O-])cc1/C=C1\SC(=Nc2ccc(C)cc2C)NC1=O. The molecule has 0 spiro atoms. The maximum atomic E-state index is 12.5.